The second kappa shape index (κ2) is 4.31. The number of aromatic carboxylic acids is 1. The summed E-state index contributed by atoms with van der Waals surface area (Å²) >= 11 is 9.19. The molecule has 1 aromatic carbocycles. The van der Waals surface area contributed by atoms with E-state index in [1.54, 1.807) is 30.5 Å². The van der Waals surface area contributed by atoms with Crippen LogP contribution in [0.3, 0.4) is 0 Å². The van der Waals surface area contributed by atoms with Crippen molar-refractivity contribution in [1.82, 2.24) is 4.98 Å². The number of aromatic amines is 1. The van der Waals surface area contributed by atoms with E-state index >= 15 is 0 Å². The smallest absolute Gasteiger partial charge is 0.352 e. The first-order chi connectivity index (χ1) is 7.59. The molecule has 0 fully saturated rings. The van der Waals surface area contributed by atoms with Crippen molar-refractivity contribution in [2.24, 2.45) is 0 Å². The predicted octanol–water partition coefficient (Wildman–Crippen LogP) is 3.80. The minimum atomic E-state index is -0.984. The normalized spacial score (nSPS) is 10.4. The van der Waals surface area contributed by atoms with Gasteiger partial charge in [-0.3, -0.25) is 0 Å². The second-order valence-electron chi connectivity index (χ2n) is 3.20. The molecule has 5 heteroatoms. The zero-order valence-corrected chi connectivity index (χ0v) is 10.3. The van der Waals surface area contributed by atoms with Crippen LogP contribution < -0.4 is 0 Å². The van der Waals surface area contributed by atoms with Crippen LogP contribution in [-0.4, -0.2) is 16.1 Å². The Morgan fingerprint density at radius 3 is 2.69 bits per heavy atom. The van der Waals surface area contributed by atoms with Crippen molar-refractivity contribution in [3.05, 3.63) is 45.7 Å². The van der Waals surface area contributed by atoms with Crippen LogP contribution in [0.1, 0.15) is 10.5 Å². The average molecular weight is 301 g/mol. The molecule has 0 aliphatic carbocycles. The van der Waals surface area contributed by atoms with Crippen LogP contribution in [0.25, 0.3) is 11.1 Å². The summed E-state index contributed by atoms with van der Waals surface area (Å²) in [6.45, 7) is 0. The maximum Gasteiger partial charge on any atom is 0.352 e. The maximum absolute atomic E-state index is 11.0. The summed E-state index contributed by atoms with van der Waals surface area (Å²) in [5.41, 5.74) is 1.60. The van der Waals surface area contributed by atoms with Crippen molar-refractivity contribution in [2.75, 3.05) is 0 Å². The van der Waals surface area contributed by atoms with Crippen LogP contribution in [0, 0.1) is 0 Å². The number of carboxylic acids is 1. The van der Waals surface area contributed by atoms with Crippen molar-refractivity contribution < 1.29 is 9.90 Å². The summed E-state index contributed by atoms with van der Waals surface area (Å²) in [5.74, 6) is -0.984. The molecule has 2 N–H and O–H groups in total. The Labute approximate surface area is 105 Å². The van der Waals surface area contributed by atoms with Gasteiger partial charge in [0.25, 0.3) is 0 Å². The van der Waals surface area contributed by atoms with Crippen LogP contribution in [-0.2, 0) is 0 Å². The molecule has 0 amide bonds. The van der Waals surface area contributed by atoms with Gasteiger partial charge in [-0.1, -0.05) is 33.6 Å². The minimum absolute atomic E-state index is 0.169. The first kappa shape index (κ1) is 11.2. The van der Waals surface area contributed by atoms with Gasteiger partial charge in [-0.15, -0.1) is 0 Å². The van der Waals surface area contributed by atoms with E-state index in [2.05, 4.69) is 20.9 Å². The highest BCUT2D eigenvalue weighted by molar-refractivity contribution is 9.10. The highest BCUT2D eigenvalue weighted by Gasteiger charge is 2.14. The Kier molecular flexibility index (Phi) is 3.03. The lowest BCUT2D eigenvalue weighted by Gasteiger charge is -2.04. The quantitative estimate of drug-likeness (QED) is 0.886. The fourth-order valence-corrected chi connectivity index (χ4v) is 2.37. The lowest BCUT2D eigenvalue weighted by Crippen LogP contribution is -1.98. The molecule has 0 saturated heterocycles. The highest BCUT2D eigenvalue weighted by Crippen LogP contribution is 2.32. The summed E-state index contributed by atoms with van der Waals surface area (Å²) in [6, 6.07) is 6.95. The van der Waals surface area contributed by atoms with Gasteiger partial charge in [-0.05, 0) is 23.8 Å². The third-order valence-electron chi connectivity index (χ3n) is 2.18. The Hall–Kier alpha value is -1.26. The SMILES string of the molecule is O=C(O)c1[nH]ccc1-c1ccc(Cl)cc1Br. The number of carboxylic acid groups (broad SMARTS) is 1. The van der Waals surface area contributed by atoms with E-state index in [0.29, 0.717) is 10.6 Å². The van der Waals surface area contributed by atoms with E-state index in [0.717, 1.165) is 10.0 Å². The monoisotopic (exact) mass is 299 g/mol. The molecule has 0 saturated carbocycles. The lowest BCUT2D eigenvalue weighted by molar-refractivity contribution is 0.0692. The van der Waals surface area contributed by atoms with Gasteiger partial charge >= 0.3 is 5.97 Å². The minimum Gasteiger partial charge on any atom is -0.477 e. The molecule has 0 atom stereocenters. The fraction of sp³-hybridized carbons (Fsp3) is 0. The van der Waals surface area contributed by atoms with Crippen molar-refractivity contribution >= 4 is 33.5 Å². The number of halogens is 2. The lowest BCUT2D eigenvalue weighted by atomic mass is 10.1. The van der Waals surface area contributed by atoms with Crippen molar-refractivity contribution in [2.45, 2.75) is 0 Å². The maximum atomic E-state index is 11.0. The van der Waals surface area contributed by atoms with Gasteiger partial charge in [0, 0.05) is 21.3 Å². The fourth-order valence-electron chi connectivity index (χ4n) is 1.48. The van der Waals surface area contributed by atoms with Gasteiger partial charge in [-0.2, -0.15) is 0 Å². The molecular formula is C11H7BrClNO2. The molecule has 0 aliphatic rings. The van der Waals surface area contributed by atoms with E-state index in [1.165, 1.54) is 0 Å². The molecule has 0 bridgehead atoms. The number of nitrogens with one attached hydrogen (secondary N) is 1. The molecule has 0 aliphatic heterocycles. The van der Waals surface area contributed by atoms with Crippen LogP contribution in [0.5, 0.6) is 0 Å². The summed E-state index contributed by atoms with van der Waals surface area (Å²) in [5, 5.41) is 9.59. The van der Waals surface area contributed by atoms with Crippen molar-refractivity contribution in [3.8, 4) is 11.1 Å². The zero-order chi connectivity index (χ0) is 11.7. The van der Waals surface area contributed by atoms with E-state index in [4.69, 9.17) is 16.7 Å². The number of hydrogen-bond donors (Lipinski definition) is 2. The average Bonchev–Trinajstić information content (AvgIpc) is 2.66. The molecule has 16 heavy (non-hydrogen) atoms. The summed E-state index contributed by atoms with van der Waals surface area (Å²) in [7, 11) is 0. The Morgan fingerprint density at radius 1 is 1.31 bits per heavy atom. The Bertz CT molecular complexity index is 551. The van der Waals surface area contributed by atoms with Gasteiger partial charge in [0.15, 0.2) is 0 Å². The summed E-state index contributed by atoms with van der Waals surface area (Å²) in [4.78, 5) is 13.7. The summed E-state index contributed by atoms with van der Waals surface area (Å²) in [6.07, 6.45) is 1.60. The first-order valence-electron chi connectivity index (χ1n) is 4.45. The molecule has 1 aromatic heterocycles. The molecule has 3 nitrogen and oxygen atoms in total. The number of aromatic nitrogens is 1. The highest BCUT2D eigenvalue weighted by atomic mass is 79.9. The molecular weight excluding hydrogens is 293 g/mol. The van der Waals surface area contributed by atoms with E-state index in [9.17, 15) is 4.79 Å². The number of rotatable bonds is 2. The third kappa shape index (κ3) is 1.99. The molecule has 0 unspecified atom stereocenters. The summed E-state index contributed by atoms with van der Waals surface area (Å²) < 4.78 is 0.766. The van der Waals surface area contributed by atoms with E-state index in [1.807, 2.05) is 0 Å². The van der Waals surface area contributed by atoms with E-state index in [-0.39, 0.29) is 5.69 Å². The van der Waals surface area contributed by atoms with Gasteiger partial charge < -0.3 is 10.1 Å². The predicted molar refractivity (Wildman–Crippen MR) is 65.9 cm³/mol. The van der Waals surface area contributed by atoms with Crippen LogP contribution >= 0.6 is 27.5 Å². The molecule has 0 radical (unpaired) electrons. The number of carbonyl (C=O) groups is 1. The largest absolute Gasteiger partial charge is 0.477 e. The van der Waals surface area contributed by atoms with Crippen molar-refractivity contribution in [3.63, 3.8) is 0 Å². The van der Waals surface area contributed by atoms with Crippen molar-refractivity contribution in [1.29, 1.82) is 0 Å². The van der Waals surface area contributed by atoms with Gasteiger partial charge in [-0.25, -0.2) is 4.79 Å². The molecule has 82 valence electrons. The number of benzene rings is 1. The molecule has 2 aromatic rings. The molecule has 2 rings (SSSR count). The molecule has 1 heterocycles. The Balaban J connectivity index is 2.59. The third-order valence-corrected chi connectivity index (χ3v) is 3.07. The number of H-pyrrole nitrogens is 1. The standard InChI is InChI=1S/C11H7BrClNO2/c12-9-5-6(13)1-2-7(9)8-3-4-14-10(8)11(15)16/h1-5,14H,(H,15,16). The number of hydrogen-bond acceptors (Lipinski definition) is 1. The molecule has 0 spiro atoms. The van der Waals surface area contributed by atoms with Gasteiger partial charge in [0.2, 0.25) is 0 Å². The first-order valence-corrected chi connectivity index (χ1v) is 5.63. The van der Waals surface area contributed by atoms with Crippen LogP contribution in [0.4, 0.5) is 0 Å². The second-order valence-corrected chi connectivity index (χ2v) is 4.49. The Morgan fingerprint density at radius 2 is 2.06 bits per heavy atom. The van der Waals surface area contributed by atoms with Gasteiger partial charge in [0.1, 0.15) is 5.69 Å². The van der Waals surface area contributed by atoms with Gasteiger partial charge in [0.05, 0.1) is 0 Å². The van der Waals surface area contributed by atoms with Crippen LogP contribution in [0.15, 0.2) is 34.9 Å². The topological polar surface area (TPSA) is 53.1 Å². The van der Waals surface area contributed by atoms with E-state index < -0.39 is 5.97 Å². The zero-order valence-electron chi connectivity index (χ0n) is 8.00. The van der Waals surface area contributed by atoms with Crippen LogP contribution in [0.2, 0.25) is 5.02 Å².